The highest BCUT2D eigenvalue weighted by atomic mass is 16.2. The molecule has 1 aliphatic heterocycles. The van der Waals surface area contributed by atoms with E-state index in [2.05, 4.69) is 40.5 Å². The lowest BCUT2D eigenvalue weighted by Gasteiger charge is -2.33. The third-order valence-corrected chi connectivity index (χ3v) is 3.83. The first kappa shape index (κ1) is 14.1. The third kappa shape index (κ3) is 4.35. The van der Waals surface area contributed by atoms with E-state index in [1.807, 2.05) is 7.05 Å². The van der Waals surface area contributed by atoms with E-state index in [1.54, 1.807) is 0 Å². The van der Waals surface area contributed by atoms with Gasteiger partial charge in [-0.05, 0) is 37.8 Å². The summed E-state index contributed by atoms with van der Waals surface area (Å²) in [6.07, 6.45) is 4.10. The van der Waals surface area contributed by atoms with Crippen LogP contribution < -0.4 is 5.32 Å². The van der Waals surface area contributed by atoms with Crippen LogP contribution in [-0.4, -0.2) is 37.5 Å². The van der Waals surface area contributed by atoms with Gasteiger partial charge in [0.15, 0.2) is 0 Å². The van der Waals surface area contributed by atoms with Crippen LogP contribution in [0.2, 0.25) is 0 Å². The second-order valence-electron chi connectivity index (χ2n) is 5.39. The van der Waals surface area contributed by atoms with Crippen molar-refractivity contribution in [2.45, 2.75) is 25.7 Å². The number of benzene rings is 1. The van der Waals surface area contributed by atoms with Gasteiger partial charge < -0.3 is 10.2 Å². The summed E-state index contributed by atoms with van der Waals surface area (Å²) in [5.74, 6) is 0.918. The lowest BCUT2D eigenvalue weighted by atomic mass is 9.91. The predicted molar refractivity (Wildman–Crippen MR) is 78.0 cm³/mol. The smallest absolute Gasteiger partial charge is 0.223 e. The summed E-state index contributed by atoms with van der Waals surface area (Å²) < 4.78 is 0. The van der Waals surface area contributed by atoms with Gasteiger partial charge in [0.2, 0.25) is 5.91 Å². The van der Waals surface area contributed by atoms with E-state index in [1.165, 1.54) is 12.0 Å². The minimum atomic E-state index is 0.298. The van der Waals surface area contributed by atoms with E-state index >= 15 is 0 Å². The number of piperidine rings is 1. The maximum absolute atomic E-state index is 12.0. The van der Waals surface area contributed by atoms with Crippen LogP contribution in [0.25, 0.3) is 0 Å². The molecule has 1 aromatic carbocycles. The summed E-state index contributed by atoms with van der Waals surface area (Å²) in [6.45, 7) is 2.64. The fourth-order valence-electron chi connectivity index (χ4n) is 2.80. The fraction of sp³-hybridized carbons (Fsp3) is 0.562. The van der Waals surface area contributed by atoms with Crippen molar-refractivity contribution < 1.29 is 4.79 Å². The number of amides is 1. The Morgan fingerprint density at radius 3 is 2.89 bits per heavy atom. The third-order valence-electron chi connectivity index (χ3n) is 3.83. The van der Waals surface area contributed by atoms with Crippen LogP contribution in [-0.2, 0) is 11.2 Å². The zero-order chi connectivity index (χ0) is 13.5. The van der Waals surface area contributed by atoms with Crippen LogP contribution in [0.15, 0.2) is 30.3 Å². The Hall–Kier alpha value is -1.35. The lowest BCUT2D eigenvalue weighted by Crippen LogP contribution is -2.41. The molecule has 19 heavy (non-hydrogen) atoms. The van der Waals surface area contributed by atoms with Gasteiger partial charge in [-0.25, -0.2) is 0 Å². The number of hydrogen-bond donors (Lipinski definition) is 1. The lowest BCUT2D eigenvalue weighted by molar-refractivity contribution is -0.132. The first-order chi connectivity index (χ1) is 9.29. The van der Waals surface area contributed by atoms with Gasteiger partial charge in [0.25, 0.3) is 0 Å². The number of likely N-dealkylation sites (tertiary alicyclic amines) is 1. The van der Waals surface area contributed by atoms with Gasteiger partial charge in [-0.15, -0.1) is 0 Å². The zero-order valence-corrected chi connectivity index (χ0v) is 11.8. The molecular formula is C16H24N2O. The molecule has 1 atom stereocenters. The van der Waals surface area contributed by atoms with Crippen LogP contribution in [0.5, 0.6) is 0 Å². The van der Waals surface area contributed by atoms with Crippen molar-refractivity contribution in [3.05, 3.63) is 35.9 Å². The highest BCUT2D eigenvalue weighted by Crippen LogP contribution is 2.21. The molecule has 1 fully saturated rings. The molecule has 3 heteroatoms. The summed E-state index contributed by atoms with van der Waals surface area (Å²) in [5, 5.41) is 3.04. The van der Waals surface area contributed by atoms with Crippen molar-refractivity contribution in [3.63, 3.8) is 0 Å². The summed E-state index contributed by atoms with van der Waals surface area (Å²) in [6, 6.07) is 10.6. The first-order valence-corrected chi connectivity index (χ1v) is 7.26. The summed E-state index contributed by atoms with van der Waals surface area (Å²) in [4.78, 5) is 14.1. The van der Waals surface area contributed by atoms with Gasteiger partial charge in [-0.2, -0.15) is 0 Å². The quantitative estimate of drug-likeness (QED) is 0.879. The molecule has 0 bridgehead atoms. The van der Waals surface area contributed by atoms with Gasteiger partial charge in [0, 0.05) is 26.1 Å². The summed E-state index contributed by atoms with van der Waals surface area (Å²) in [5.41, 5.74) is 1.39. The van der Waals surface area contributed by atoms with Crippen LogP contribution >= 0.6 is 0 Å². The van der Waals surface area contributed by atoms with Crippen molar-refractivity contribution in [1.29, 1.82) is 0 Å². The van der Waals surface area contributed by atoms with Crippen molar-refractivity contribution in [2.75, 3.05) is 26.7 Å². The molecule has 0 aliphatic carbocycles. The maximum atomic E-state index is 12.0. The molecule has 1 aliphatic rings. The van der Waals surface area contributed by atoms with E-state index in [4.69, 9.17) is 0 Å². The second kappa shape index (κ2) is 7.29. The Kier molecular flexibility index (Phi) is 5.40. The number of nitrogens with one attached hydrogen (secondary N) is 1. The van der Waals surface area contributed by atoms with E-state index in [0.29, 0.717) is 18.2 Å². The second-order valence-corrected chi connectivity index (χ2v) is 5.39. The van der Waals surface area contributed by atoms with E-state index in [-0.39, 0.29) is 0 Å². The molecule has 1 unspecified atom stereocenters. The number of rotatable bonds is 5. The molecule has 1 N–H and O–H groups in total. The van der Waals surface area contributed by atoms with Crippen molar-refractivity contribution in [3.8, 4) is 0 Å². The average molecular weight is 260 g/mol. The SMILES string of the molecule is CNCCC(=O)N1CCCC(Cc2ccccc2)C1. The fourth-order valence-corrected chi connectivity index (χ4v) is 2.80. The molecule has 0 aromatic heterocycles. The molecule has 0 saturated carbocycles. The normalized spacial score (nSPS) is 19.4. The van der Waals surface area contributed by atoms with E-state index in [0.717, 1.165) is 32.5 Å². The summed E-state index contributed by atoms with van der Waals surface area (Å²) >= 11 is 0. The Balaban J connectivity index is 1.85. The average Bonchev–Trinajstić information content (AvgIpc) is 2.46. The van der Waals surface area contributed by atoms with Crippen molar-refractivity contribution in [1.82, 2.24) is 10.2 Å². The highest BCUT2D eigenvalue weighted by Gasteiger charge is 2.23. The Morgan fingerprint density at radius 2 is 2.16 bits per heavy atom. The molecule has 0 spiro atoms. The molecule has 1 heterocycles. The van der Waals surface area contributed by atoms with E-state index in [9.17, 15) is 4.79 Å². The van der Waals surface area contributed by atoms with E-state index < -0.39 is 0 Å². The van der Waals surface area contributed by atoms with Crippen LogP contribution in [0, 0.1) is 5.92 Å². The highest BCUT2D eigenvalue weighted by molar-refractivity contribution is 5.76. The molecule has 104 valence electrons. The maximum Gasteiger partial charge on any atom is 0.223 e. The molecular weight excluding hydrogens is 236 g/mol. The topological polar surface area (TPSA) is 32.3 Å². The minimum Gasteiger partial charge on any atom is -0.342 e. The van der Waals surface area contributed by atoms with Gasteiger partial charge in [0.1, 0.15) is 0 Å². The number of carbonyl (C=O) groups excluding carboxylic acids is 1. The first-order valence-electron chi connectivity index (χ1n) is 7.26. The van der Waals surface area contributed by atoms with Gasteiger partial charge in [0.05, 0.1) is 0 Å². The molecule has 3 nitrogen and oxygen atoms in total. The van der Waals surface area contributed by atoms with Crippen molar-refractivity contribution >= 4 is 5.91 Å². The van der Waals surface area contributed by atoms with Crippen LogP contribution in [0.4, 0.5) is 0 Å². The number of carbonyl (C=O) groups is 1. The largest absolute Gasteiger partial charge is 0.342 e. The van der Waals surface area contributed by atoms with Gasteiger partial charge in [-0.3, -0.25) is 4.79 Å². The number of hydrogen-bond acceptors (Lipinski definition) is 2. The zero-order valence-electron chi connectivity index (χ0n) is 11.8. The Bertz CT molecular complexity index is 391. The molecule has 1 aromatic rings. The minimum absolute atomic E-state index is 0.298. The molecule has 2 rings (SSSR count). The van der Waals surface area contributed by atoms with Gasteiger partial charge in [-0.1, -0.05) is 30.3 Å². The van der Waals surface area contributed by atoms with Crippen LogP contribution in [0.1, 0.15) is 24.8 Å². The molecule has 1 saturated heterocycles. The number of nitrogens with zero attached hydrogens (tertiary/aromatic N) is 1. The monoisotopic (exact) mass is 260 g/mol. The Morgan fingerprint density at radius 1 is 1.37 bits per heavy atom. The summed E-state index contributed by atoms with van der Waals surface area (Å²) in [7, 11) is 1.89. The Labute approximate surface area is 116 Å². The standard InChI is InChI=1S/C16H24N2O/c1-17-10-9-16(19)18-11-5-8-15(13-18)12-14-6-3-2-4-7-14/h2-4,6-7,15,17H,5,8-13H2,1H3. The molecule has 0 radical (unpaired) electrons. The van der Waals surface area contributed by atoms with Crippen molar-refractivity contribution in [2.24, 2.45) is 5.92 Å². The predicted octanol–water partition coefficient (Wildman–Crippen LogP) is 2.08. The molecule has 1 amide bonds. The van der Waals surface area contributed by atoms with Crippen LogP contribution in [0.3, 0.4) is 0 Å². The van der Waals surface area contributed by atoms with Gasteiger partial charge >= 0.3 is 0 Å².